The molecule has 1 aliphatic heterocycles. The van der Waals surface area contributed by atoms with E-state index < -0.39 is 0 Å². The van der Waals surface area contributed by atoms with E-state index in [0.717, 1.165) is 19.0 Å². The zero-order chi connectivity index (χ0) is 14.3. The number of nitrogens with one attached hydrogen (secondary N) is 1. The average Bonchev–Trinajstić information content (AvgIpc) is 2.42. The molecule has 0 amide bonds. The number of hydrogen-bond donors (Lipinski definition) is 1. The summed E-state index contributed by atoms with van der Waals surface area (Å²) in [7, 11) is 4.31. The van der Waals surface area contributed by atoms with E-state index in [1.54, 1.807) is 0 Å². The van der Waals surface area contributed by atoms with Crippen LogP contribution in [-0.4, -0.2) is 87.2 Å². The van der Waals surface area contributed by atoms with E-state index in [2.05, 4.69) is 54.9 Å². The van der Waals surface area contributed by atoms with Gasteiger partial charge in [-0.1, -0.05) is 13.8 Å². The summed E-state index contributed by atoms with van der Waals surface area (Å²) in [4.78, 5) is 7.53. The molecule has 1 heterocycles. The first-order valence-electron chi connectivity index (χ1n) is 7.86. The van der Waals surface area contributed by atoms with Crippen molar-refractivity contribution in [3.8, 4) is 0 Å². The van der Waals surface area contributed by atoms with Gasteiger partial charge in [0.25, 0.3) is 0 Å². The molecule has 0 saturated carbocycles. The molecule has 4 nitrogen and oxygen atoms in total. The van der Waals surface area contributed by atoms with Crippen LogP contribution in [0.5, 0.6) is 0 Å². The van der Waals surface area contributed by atoms with Gasteiger partial charge in [0, 0.05) is 45.3 Å². The third-order valence-corrected chi connectivity index (χ3v) is 4.39. The summed E-state index contributed by atoms with van der Waals surface area (Å²) in [6.45, 7) is 16.4. The molecule has 114 valence electrons. The van der Waals surface area contributed by atoms with Crippen molar-refractivity contribution < 1.29 is 0 Å². The predicted octanol–water partition coefficient (Wildman–Crippen LogP) is 0.800. The molecule has 2 atom stereocenters. The number of rotatable bonds is 8. The molecule has 19 heavy (non-hydrogen) atoms. The van der Waals surface area contributed by atoms with E-state index >= 15 is 0 Å². The van der Waals surface area contributed by atoms with E-state index in [0.29, 0.717) is 6.04 Å². The number of piperazine rings is 1. The second kappa shape index (κ2) is 8.90. The van der Waals surface area contributed by atoms with Crippen molar-refractivity contribution in [1.82, 2.24) is 20.0 Å². The SMILES string of the molecule is CCNCC(C)C(C)N1CCN(CCN(C)C)CC1. The molecule has 1 aliphatic rings. The Hall–Kier alpha value is -0.160. The molecule has 0 aliphatic carbocycles. The molecular weight excluding hydrogens is 236 g/mol. The van der Waals surface area contributed by atoms with Crippen molar-refractivity contribution in [2.75, 3.05) is 66.5 Å². The van der Waals surface area contributed by atoms with Crippen LogP contribution in [0.2, 0.25) is 0 Å². The van der Waals surface area contributed by atoms with Gasteiger partial charge < -0.3 is 10.2 Å². The summed E-state index contributed by atoms with van der Waals surface area (Å²) in [5, 5.41) is 3.47. The van der Waals surface area contributed by atoms with Gasteiger partial charge in [0.2, 0.25) is 0 Å². The topological polar surface area (TPSA) is 21.8 Å². The number of likely N-dealkylation sites (N-methyl/N-ethyl adjacent to an activating group) is 1. The molecule has 0 aromatic carbocycles. The molecule has 4 heteroatoms. The lowest BCUT2D eigenvalue weighted by Gasteiger charge is -2.40. The van der Waals surface area contributed by atoms with Gasteiger partial charge in [-0.2, -0.15) is 0 Å². The molecule has 0 aromatic rings. The quantitative estimate of drug-likeness (QED) is 0.704. The van der Waals surface area contributed by atoms with Gasteiger partial charge in [0.05, 0.1) is 0 Å². The van der Waals surface area contributed by atoms with Gasteiger partial charge in [-0.25, -0.2) is 0 Å². The minimum Gasteiger partial charge on any atom is -0.317 e. The van der Waals surface area contributed by atoms with Gasteiger partial charge in [-0.05, 0) is 40.0 Å². The maximum Gasteiger partial charge on any atom is 0.0113 e. The smallest absolute Gasteiger partial charge is 0.0113 e. The summed E-state index contributed by atoms with van der Waals surface area (Å²) in [5.74, 6) is 0.730. The highest BCUT2D eigenvalue weighted by atomic mass is 15.3. The second-order valence-electron chi connectivity index (χ2n) is 6.21. The van der Waals surface area contributed by atoms with Gasteiger partial charge in [-0.15, -0.1) is 0 Å². The molecule has 0 aromatic heterocycles. The molecule has 2 unspecified atom stereocenters. The Kier molecular flexibility index (Phi) is 7.91. The largest absolute Gasteiger partial charge is 0.317 e. The molecule has 0 spiro atoms. The van der Waals surface area contributed by atoms with Crippen LogP contribution in [0.15, 0.2) is 0 Å². The van der Waals surface area contributed by atoms with E-state index in [1.165, 1.54) is 39.3 Å². The predicted molar refractivity (Wildman–Crippen MR) is 83.7 cm³/mol. The summed E-state index contributed by atoms with van der Waals surface area (Å²) < 4.78 is 0. The molecule has 1 fully saturated rings. The van der Waals surface area contributed by atoms with Crippen LogP contribution in [0.3, 0.4) is 0 Å². The van der Waals surface area contributed by atoms with Crippen molar-refractivity contribution in [2.45, 2.75) is 26.8 Å². The Balaban J connectivity index is 2.24. The number of hydrogen-bond acceptors (Lipinski definition) is 4. The minimum atomic E-state index is 0.690. The van der Waals surface area contributed by atoms with Crippen molar-refractivity contribution in [3.05, 3.63) is 0 Å². The van der Waals surface area contributed by atoms with Crippen LogP contribution < -0.4 is 5.32 Å². The highest BCUT2D eigenvalue weighted by molar-refractivity contribution is 4.80. The summed E-state index contributed by atoms with van der Waals surface area (Å²) in [5.41, 5.74) is 0. The van der Waals surface area contributed by atoms with E-state index in [-0.39, 0.29) is 0 Å². The Labute approximate surface area is 120 Å². The Morgan fingerprint density at radius 3 is 2.26 bits per heavy atom. The Bertz CT molecular complexity index is 224. The van der Waals surface area contributed by atoms with Crippen LogP contribution in [0.4, 0.5) is 0 Å². The van der Waals surface area contributed by atoms with Crippen LogP contribution in [0.25, 0.3) is 0 Å². The van der Waals surface area contributed by atoms with E-state index in [1.807, 2.05) is 0 Å². The summed E-state index contributed by atoms with van der Waals surface area (Å²) in [6, 6.07) is 0.690. The van der Waals surface area contributed by atoms with Crippen molar-refractivity contribution in [2.24, 2.45) is 5.92 Å². The van der Waals surface area contributed by atoms with Crippen molar-refractivity contribution in [1.29, 1.82) is 0 Å². The van der Waals surface area contributed by atoms with Gasteiger partial charge in [0.15, 0.2) is 0 Å². The van der Waals surface area contributed by atoms with Crippen LogP contribution in [0.1, 0.15) is 20.8 Å². The van der Waals surface area contributed by atoms with Crippen LogP contribution in [0, 0.1) is 5.92 Å². The van der Waals surface area contributed by atoms with E-state index in [4.69, 9.17) is 0 Å². The third kappa shape index (κ3) is 6.21. The molecular formula is C15H34N4. The monoisotopic (exact) mass is 270 g/mol. The fraction of sp³-hybridized carbons (Fsp3) is 1.00. The lowest BCUT2D eigenvalue weighted by atomic mass is 10.0. The highest BCUT2D eigenvalue weighted by Gasteiger charge is 2.24. The Morgan fingerprint density at radius 2 is 1.74 bits per heavy atom. The lowest BCUT2D eigenvalue weighted by Crippen LogP contribution is -2.52. The molecule has 0 bridgehead atoms. The van der Waals surface area contributed by atoms with Crippen LogP contribution >= 0.6 is 0 Å². The first-order chi connectivity index (χ1) is 9.04. The third-order valence-electron chi connectivity index (χ3n) is 4.39. The summed E-state index contributed by atoms with van der Waals surface area (Å²) in [6.07, 6.45) is 0. The summed E-state index contributed by atoms with van der Waals surface area (Å²) >= 11 is 0. The maximum atomic E-state index is 3.47. The van der Waals surface area contributed by atoms with Gasteiger partial charge in [0.1, 0.15) is 0 Å². The van der Waals surface area contributed by atoms with E-state index in [9.17, 15) is 0 Å². The second-order valence-corrected chi connectivity index (χ2v) is 6.21. The first-order valence-corrected chi connectivity index (χ1v) is 7.86. The van der Waals surface area contributed by atoms with Crippen LogP contribution in [-0.2, 0) is 0 Å². The normalized spacial score (nSPS) is 21.8. The first kappa shape index (κ1) is 16.9. The fourth-order valence-electron chi connectivity index (χ4n) is 2.64. The zero-order valence-corrected chi connectivity index (χ0v) is 13.7. The number of nitrogens with zero attached hydrogens (tertiary/aromatic N) is 3. The molecule has 1 saturated heterocycles. The molecule has 1 N–H and O–H groups in total. The lowest BCUT2D eigenvalue weighted by molar-refractivity contribution is 0.0773. The Morgan fingerprint density at radius 1 is 1.11 bits per heavy atom. The maximum absolute atomic E-state index is 3.47. The highest BCUT2D eigenvalue weighted by Crippen LogP contribution is 2.13. The average molecular weight is 270 g/mol. The van der Waals surface area contributed by atoms with Crippen molar-refractivity contribution >= 4 is 0 Å². The molecule has 1 rings (SSSR count). The fourth-order valence-corrected chi connectivity index (χ4v) is 2.64. The minimum absolute atomic E-state index is 0.690. The van der Waals surface area contributed by atoms with Gasteiger partial charge >= 0.3 is 0 Å². The zero-order valence-electron chi connectivity index (χ0n) is 13.7. The molecule has 0 radical (unpaired) electrons. The van der Waals surface area contributed by atoms with Gasteiger partial charge in [-0.3, -0.25) is 9.80 Å². The standard InChI is InChI=1S/C15H34N4/c1-6-16-13-14(2)15(3)19-11-9-18(10-12-19)8-7-17(4)5/h14-16H,6-13H2,1-5H3. The van der Waals surface area contributed by atoms with Crippen molar-refractivity contribution in [3.63, 3.8) is 0 Å².